The average molecular weight is 1950 g/mol. The molecule has 2 aliphatic heterocycles. The summed E-state index contributed by atoms with van der Waals surface area (Å²) in [6, 6.07) is 120. The van der Waals surface area contributed by atoms with Crippen LogP contribution in [0.5, 0.6) is 0 Å². The van der Waals surface area contributed by atoms with E-state index >= 15 is 0 Å². The fraction of sp³-hybridized carbons (Fsp3) is 0.306. The van der Waals surface area contributed by atoms with Crippen LogP contribution in [0, 0.1) is 13.8 Å². The van der Waals surface area contributed by atoms with Gasteiger partial charge in [0.15, 0.2) is 0 Å². The summed E-state index contributed by atoms with van der Waals surface area (Å²) in [5.41, 5.74) is 54.1. The highest BCUT2D eigenvalue weighted by atomic mass is 15.0. The molecule has 19 aromatic carbocycles. The molecule has 2 aromatic heterocycles. The van der Waals surface area contributed by atoms with Crippen LogP contribution in [0.15, 0.2) is 285 Å². The van der Waals surface area contributed by atoms with Gasteiger partial charge in [-0.25, -0.2) is 0 Å². The van der Waals surface area contributed by atoms with Crippen LogP contribution in [-0.2, 0) is 67.0 Å². The van der Waals surface area contributed by atoms with Crippen LogP contribution in [0.1, 0.15) is 345 Å². The Morgan fingerprint density at radius 2 is 0.720 bits per heavy atom. The van der Waals surface area contributed by atoms with Gasteiger partial charge in [-0.15, -0.1) is 0 Å². The van der Waals surface area contributed by atoms with E-state index in [0.29, 0.717) is 0 Å². The van der Waals surface area contributed by atoms with Crippen LogP contribution in [0.3, 0.4) is 0 Å². The van der Waals surface area contributed by atoms with E-state index in [1.165, 1.54) is 303 Å². The van der Waals surface area contributed by atoms with Crippen LogP contribution < -0.4 is 16.4 Å². The first-order valence-electron chi connectivity index (χ1n) is 56.0. The normalized spacial score (nSPS) is 16.0. The molecule has 27 rings (SSSR count). The lowest BCUT2D eigenvalue weighted by Crippen LogP contribution is -2.61. The zero-order chi connectivity index (χ0) is 105. The maximum atomic E-state index is 2.94. The van der Waals surface area contributed by atoms with Crippen molar-refractivity contribution in [1.82, 2.24) is 9.13 Å². The lowest BCUT2D eigenvalue weighted by atomic mass is 9.30. The molecule has 150 heavy (non-hydrogen) atoms. The molecule has 6 aliphatic rings. The second-order valence-corrected chi connectivity index (χ2v) is 55.8. The van der Waals surface area contributed by atoms with Crippen LogP contribution in [0.25, 0.3) is 153 Å². The van der Waals surface area contributed by atoms with E-state index < -0.39 is 5.41 Å². The summed E-state index contributed by atoms with van der Waals surface area (Å²) in [6.45, 7) is 69.3. The van der Waals surface area contributed by atoms with E-state index in [1.807, 2.05) is 0 Å². The topological polar surface area (TPSA) is 9.86 Å². The van der Waals surface area contributed by atoms with Gasteiger partial charge in [-0.05, 0) is 371 Å². The van der Waals surface area contributed by atoms with Crippen molar-refractivity contribution in [3.05, 3.63) is 419 Å². The second-order valence-electron chi connectivity index (χ2n) is 55.8. The summed E-state index contributed by atoms with van der Waals surface area (Å²) in [5.74, 6) is -0.136. The maximum absolute atomic E-state index is 2.94. The molecule has 0 N–H and O–H groups in total. The van der Waals surface area contributed by atoms with E-state index in [9.17, 15) is 0 Å². The van der Waals surface area contributed by atoms with E-state index in [0.717, 1.165) is 19.3 Å². The molecular weight excluding hydrogens is 1800 g/mol. The van der Waals surface area contributed by atoms with Crippen LogP contribution >= 0.6 is 0 Å². The van der Waals surface area contributed by atoms with Gasteiger partial charge in [0.2, 0.25) is 6.71 Å². The number of hydrogen-bond acceptors (Lipinski definition) is 0. The number of aromatic nitrogens is 2. The van der Waals surface area contributed by atoms with Crippen LogP contribution in [-0.4, -0.2) is 15.8 Å². The first kappa shape index (κ1) is 94.8. The Morgan fingerprint density at radius 1 is 0.280 bits per heavy atom. The Morgan fingerprint density at radius 3 is 1.26 bits per heavy atom. The summed E-state index contributed by atoms with van der Waals surface area (Å²) in [7, 11) is 0. The molecule has 0 saturated carbocycles. The zero-order valence-electron chi connectivity index (χ0n) is 94.0. The molecule has 21 aromatic rings. The molecule has 0 radical (unpaired) electrons. The smallest absolute Gasteiger partial charge is 0.247 e. The monoisotopic (exact) mass is 1950 g/mol. The quantitative estimate of drug-likeness (QED) is 0.0892. The third-order valence-electron chi connectivity index (χ3n) is 37.6. The van der Waals surface area contributed by atoms with Gasteiger partial charge in [0.05, 0.1) is 22.2 Å². The number of rotatable bonds is 6. The summed E-state index contributed by atoms with van der Waals surface area (Å²) in [4.78, 5) is 0. The lowest BCUT2D eigenvalue weighted by Gasteiger charge is -2.41. The summed E-state index contributed by atoms with van der Waals surface area (Å²) < 4.78 is 5.67. The first-order valence-corrected chi connectivity index (χ1v) is 56.0. The Balaban J connectivity index is 0.846. The van der Waals surface area contributed by atoms with Gasteiger partial charge >= 0.3 is 0 Å². The van der Waals surface area contributed by atoms with Gasteiger partial charge < -0.3 is 9.13 Å². The molecule has 0 fully saturated rings. The molecule has 4 heterocycles. The number of aryl methyl sites for hydroxylation is 3. The number of hydrogen-bond donors (Lipinski definition) is 0. The van der Waals surface area contributed by atoms with Crippen LogP contribution in [0.4, 0.5) is 0 Å². The van der Waals surface area contributed by atoms with Crippen molar-refractivity contribution in [1.29, 1.82) is 0 Å². The molecule has 2 atom stereocenters. The molecule has 2 nitrogen and oxygen atoms in total. The van der Waals surface area contributed by atoms with Crippen LogP contribution in [0.2, 0.25) is 0 Å². The highest BCUT2D eigenvalue weighted by Gasteiger charge is 2.51. The Kier molecular flexibility index (Phi) is 19.8. The van der Waals surface area contributed by atoms with Crippen molar-refractivity contribution in [2.24, 2.45) is 0 Å². The van der Waals surface area contributed by atoms with Crippen molar-refractivity contribution < 1.29 is 0 Å². The van der Waals surface area contributed by atoms with Crippen molar-refractivity contribution in [2.45, 2.75) is 292 Å². The molecule has 0 saturated heterocycles. The average Bonchev–Trinajstić information content (AvgIpc) is 1.31. The first-order chi connectivity index (χ1) is 70.9. The third kappa shape index (κ3) is 13.7. The Labute approximate surface area is 889 Å². The minimum Gasteiger partial charge on any atom is -0.310 e. The lowest BCUT2D eigenvalue weighted by molar-refractivity contribution is 0.588. The van der Waals surface area contributed by atoms with Gasteiger partial charge in [-0.3, -0.25) is 0 Å². The number of nitrogens with zero attached hydrogens (tertiary/aromatic N) is 2. The van der Waals surface area contributed by atoms with E-state index in [-0.39, 0.29) is 73.2 Å². The van der Waals surface area contributed by atoms with Crippen molar-refractivity contribution in [3.8, 4) is 55.9 Å². The zero-order valence-corrected chi connectivity index (χ0v) is 94.0. The molecule has 4 aliphatic carbocycles. The molecule has 3 heteroatoms. The summed E-state index contributed by atoms with van der Waals surface area (Å²) in [5, 5.41) is 18.6. The minimum absolute atomic E-state index is 0.0155. The van der Waals surface area contributed by atoms with E-state index in [1.54, 1.807) is 0 Å². The molecule has 0 bridgehead atoms. The third-order valence-corrected chi connectivity index (χ3v) is 37.6. The summed E-state index contributed by atoms with van der Waals surface area (Å²) >= 11 is 0. The number of benzene rings is 19. The van der Waals surface area contributed by atoms with Gasteiger partial charge in [-0.1, -0.05) is 415 Å². The Bertz CT molecular complexity index is 9330. The van der Waals surface area contributed by atoms with Crippen molar-refractivity contribution in [2.75, 3.05) is 0 Å². The second kappa shape index (κ2) is 31.3. The molecular formula is C147H143BN2. The predicted molar refractivity (Wildman–Crippen MR) is 646 cm³/mol. The largest absolute Gasteiger partial charge is 0.310 e. The fourth-order valence-corrected chi connectivity index (χ4v) is 28.9. The standard InChI is InChI=1S/C147H143BN2/c1-80-35-50-99-115(61-80)131-132-103-52-39-82-37-42-95(147(29)121-56-46-91(142(15,16)17)71-110(121)111-72-92(143(18,19)20)47-57-122(111)147)75-105(82)117-65-85(104-63-83-38-41-87(138(3,4)5)67-106(83)107-68-88(139(6,7)8)43-53-98(104)107)66-123(129(103)117)148-124-79-97(149-125-59-48-93(144(21,22)23)73-113(125)114-74-94(145(24,25)26)49-60-126(114)149)78-120-112-64-84(128-101-54-44-89(140(9,10)11)69-108(101)109-70-90(141(12,13)14)45-55-102(109)128)40-58-127(112)150(136(120)124)137(135(132)148)133-116-62-81(2)36-51-100(116)119-77-96(76-118(99)130(119)134(131)133)146(27,28)86-33-31-30-32-34-86/h30-38,40-51,53-62,64-79,103-104,128H,39,52,63H2,1-29H3. The Hall–Kier alpha value is -13.6. The van der Waals surface area contributed by atoms with Gasteiger partial charge in [0.25, 0.3) is 0 Å². The highest BCUT2D eigenvalue weighted by Crippen LogP contribution is 2.62. The summed E-state index contributed by atoms with van der Waals surface area (Å²) in [6.07, 6.45) is 2.65. The fourth-order valence-electron chi connectivity index (χ4n) is 28.9. The maximum Gasteiger partial charge on any atom is 0.247 e. The molecule has 0 amide bonds. The number of fused-ring (bicyclic) bond motifs is 29. The molecule has 744 valence electrons. The molecule has 0 spiro atoms. The SMILES string of the molecule is Cc1ccc2c(c1)c1c3c4c(c5c6cc(C)ccc6c6cc(C(C)(C)c7ccccc7)cc2c6c15)-n1c2ccc(C5c6ccc(C(C)(C)C)cc6-c6cc(C(C)(C)C)ccc65)cc2c2cc(-n5c6ccc(C(C)(C)C)cc6c6cc(C(C)(C)C)ccc65)cc(c21)B4c1cc(C2Cc4ccc(C(C)(C)C)cc4-c4cc(C(C)(C)C)ccc42)cc2c1C3CCc1ccc(C3(C)c4ccc(C(C)(C)C)cc4-c4cc(C(C)(C)C)ccc43)cc1-2. The molecule has 2 unspecified atom stereocenters. The van der Waals surface area contributed by atoms with E-state index in [4.69, 9.17) is 0 Å². The van der Waals surface area contributed by atoms with Crippen molar-refractivity contribution in [3.63, 3.8) is 0 Å². The van der Waals surface area contributed by atoms with Gasteiger partial charge in [0.1, 0.15) is 0 Å². The minimum atomic E-state index is -0.519. The van der Waals surface area contributed by atoms with Crippen molar-refractivity contribution >= 4 is 121 Å². The predicted octanol–water partition coefficient (Wildman–Crippen LogP) is 37.1. The van der Waals surface area contributed by atoms with Gasteiger partial charge in [0, 0.05) is 72.1 Å². The highest BCUT2D eigenvalue weighted by molar-refractivity contribution is 6.99. The van der Waals surface area contributed by atoms with Gasteiger partial charge in [-0.2, -0.15) is 0 Å². The van der Waals surface area contributed by atoms with E-state index in [2.05, 4.69) is 495 Å².